The second-order valence-electron chi connectivity index (χ2n) is 8.15. The highest BCUT2D eigenvalue weighted by atomic mass is 15.0. The number of hydrogen-bond donors (Lipinski definition) is 3. The van der Waals surface area contributed by atoms with E-state index in [1.165, 1.54) is 0 Å². The van der Waals surface area contributed by atoms with Crippen LogP contribution in [0.3, 0.4) is 0 Å². The van der Waals surface area contributed by atoms with Crippen LogP contribution in [0.4, 0.5) is 0 Å². The summed E-state index contributed by atoms with van der Waals surface area (Å²) in [4.78, 5) is 24.8. The van der Waals surface area contributed by atoms with Gasteiger partial charge in [-0.05, 0) is 20.8 Å². The molecule has 0 saturated carbocycles. The minimum atomic E-state index is 0.670. The van der Waals surface area contributed by atoms with Crippen LogP contribution in [0.2, 0.25) is 0 Å². The van der Waals surface area contributed by atoms with Crippen molar-refractivity contribution in [2.45, 2.75) is 33.6 Å². The first-order chi connectivity index (χ1) is 15.6. The van der Waals surface area contributed by atoms with Crippen molar-refractivity contribution < 1.29 is 0 Å². The van der Waals surface area contributed by atoms with E-state index in [-0.39, 0.29) is 0 Å². The molecule has 3 heterocycles. The van der Waals surface area contributed by atoms with E-state index in [1.807, 2.05) is 43.3 Å². The van der Waals surface area contributed by atoms with E-state index >= 15 is 0 Å². The fourth-order valence-corrected chi connectivity index (χ4v) is 4.01. The van der Waals surface area contributed by atoms with Gasteiger partial charge in [0.2, 0.25) is 0 Å². The van der Waals surface area contributed by atoms with Gasteiger partial charge in [0.15, 0.2) is 0 Å². The highest BCUT2D eigenvalue weighted by molar-refractivity contribution is 5.56. The highest BCUT2D eigenvalue weighted by Gasteiger charge is 2.17. The van der Waals surface area contributed by atoms with Gasteiger partial charge in [-0.1, -0.05) is 60.7 Å². The first kappa shape index (κ1) is 20.0. The molecule has 0 aliphatic carbocycles. The number of nitrogens with zero attached hydrogens (tertiary/aromatic N) is 3. The molecule has 32 heavy (non-hydrogen) atoms. The summed E-state index contributed by atoms with van der Waals surface area (Å²) in [6, 6.07) is 20.4. The molecule has 0 aliphatic rings. The number of aryl methyl sites for hydroxylation is 3. The molecule has 0 saturated heterocycles. The molecular formula is C26H26N6. The van der Waals surface area contributed by atoms with Crippen LogP contribution in [0.5, 0.6) is 0 Å². The van der Waals surface area contributed by atoms with Crippen molar-refractivity contribution in [3.05, 3.63) is 101 Å². The summed E-state index contributed by atoms with van der Waals surface area (Å²) in [6.45, 7) is 6.13. The van der Waals surface area contributed by atoms with Gasteiger partial charge in [-0.3, -0.25) is 0 Å². The largest absolute Gasteiger partial charge is 0.346 e. The van der Waals surface area contributed by atoms with E-state index in [2.05, 4.69) is 53.1 Å². The molecule has 0 fully saturated rings. The summed E-state index contributed by atoms with van der Waals surface area (Å²) in [5, 5.41) is 0. The van der Waals surface area contributed by atoms with Crippen LogP contribution in [0.15, 0.2) is 60.7 Å². The SMILES string of the molecule is Cc1nc(Cc2nc(-c3ccccc3)[nH]c2C)c(Cc2nc(-c3ccccc3)[nH]c2C)[nH]1. The Morgan fingerprint density at radius 2 is 1.06 bits per heavy atom. The average molecular weight is 423 g/mol. The lowest BCUT2D eigenvalue weighted by Crippen LogP contribution is -1.99. The predicted molar refractivity (Wildman–Crippen MR) is 126 cm³/mol. The van der Waals surface area contributed by atoms with Crippen LogP contribution in [-0.2, 0) is 12.8 Å². The molecule has 2 aromatic carbocycles. The molecule has 0 radical (unpaired) electrons. The highest BCUT2D eigenvalue weighted by Crippen LogP contribution is 2.23. The third-order valence-corrected chi connectivity index (χ3v) is 5.73. The molecule has 6 nitrogen and oxygen atoms in total. The van der Waals surface area contributed by atoms with Gasteiger partial charge in [0.1, 0.15) is 17.5 Å². The number of H-pyrrole nitrogens is 3. The quantitative estimate of drug-likeness (QED) is 0.347. The van der Waals surface area contributed by atoms with Gasteiger partial charge in [0.05, 0.1) is 17.1 Å². The molecule has 3 N–H and O–H groups in total. The fourth-order valence-electron chi connectivity index (χ4n) is 4.01. The maximum Gasteiger partial charge on any atom is 0.137 e. The Morgan fingerprint density at radius 1 is 0.562 bits per heavy atom. The Balaban J connectivity index is 1.41. The smallest absolute Gasteiger partial charge is 0.137 e. The number of nitrogens with one attached hydrogen (secondary N) is 3. The van der Waals surface area contributed by atoms with Crippen molar-refractivity contribution in [2.24, 2.45) is 0 Å². The van der Waals surface area contributed by atoms with Crippen molar-refractivity contribution >= 4 is 0 Å². The fraction of sp³-hybridized carbons (Fsp3) is 0.192. The monoisotopic (exact) mass is 422 g/mol. The predicted octanol–water partition coefficient (Wildman–Crippen LogP) is 5.30. The van der Waals surface area contributed by atoms with E-state index in [0.717, 1.165) is 62.8 Å². The molecule has 5 aromatic rings. The summed E-state index contributed by atoms with van der Waals surface area (Å²) < 4.78 is 0. The third kappa shape index (κ3) is 3.99. The molecule has 0 atom stereocenters. The van der Waals surface area contributed by atoms with E-state index in [4.69, 9.17) is 15.0 Å². The lowest BCUT2D eigenvalue weighted by Gasteiger charge is -2.02. The van der Waals surface area contributed by atoms with Crippen LogP contribution >= 0.6 is 0 Å². The number of aromatic amines is 3. The zero-order chi connectivity index (χ0) is 22.1. The van der Waals surface area contributed by atoms with Gasteiger partial charge in [-0.25, -0.2) is 15.0 Å². The minimum Gasteiger partial charge on any atom is -0.346 e. The second kappa shape index (κ2) is 8.30. The summed E-state index contributed by atoms with van der Waals surface area (Å²) in [5.41, 5.74) is 8.45. The van der Waals surface area contributed by atoms with Crippen molar-refractivity contribution in [2.75, 3.05) is 0 Å². The van der Waals surface area contributed by atoms with Gasteiger partial charge in [-0.2, -0.15) is 0 Å². The van der Waals surface area contributed by atoms with Crippen LogP contribution in [0.1, 0.15) is 40.0 Å². The Hall–Kier alpha value is -3.93. The second-order valence-corrected chi connectivity index (χ2v) is 8.15. The molecule has 3 aromatic heterocycles. The Labute approximate surface area is 187 Å². The maximum absolute atomic E-state index is 4.87. The molecule has 0 aliphatic heterocycles. The van der Waals surface area contributed by atoms with Crippen molar-refractivity contribution in [1.29, 1.82) is 0 Å². The normalized spacial score (nSPS) is 11.2. The zero-order valence-corrected chi connectivity index (χ0v) is 18.5. The van der Waals surface area contributed by atoms with Crippen molar-refractivity contribution in [1.82, 2.24) is 29.9 Å². The van der Waals surface area contributed by atoms with Crippen molar-refractivity contribution in [3.63, 3.8) is 0 Å². The van der Waals surface area contributed by atoms with Gasteiger partial charge < -0.3 is 15.0 Å². The molecule has 160 valence electrons. The van der Waals surface area contributed by atoms with Gasteiger partial charge in [0.25, 0.3) is 0 Å². The molecule has 0 unspecified atom stereocenters. The Morgan fingerprint density at radius 3 is 1.59 bits per heavy atom. The molecule has 0 amide bonds. The van der Waals surface area contributed by atoms with Crippen LogP contribution in [0, 0.1) is 20.8 Å². The zero-order valence-electron chi connectivity index (χ0n) is 18.5. The summed E-state index contributed by atoms with van der Waals surface area (Å²) in [6.07, 6.45) is 1.37. The molecule has 0 spiro atoms. The van der Waals surface area contributed by atoms with Gasteiger partial charge in [-0.15, -0.1) is 0 Å². The van der Waals surface area contributed by atoms with Gasteiger partial charge in [0, 0.05) is 41.1 Å². The lowest BCUT2D eigenvalue weighted by atomic mass is 10.1. The number of aromatic nitrogens is 6. The number of rotatable bonds is 6. The summed E-state index contributed by atoms with van der Waals surface area (Å²) in [5.74, 6) is 2.69. The van der Waals surface area contributed by atoms with Gasteiger partial charge >= 0.3 is 0 Å². The van der Waals surface area contributed by atoms with E-state index in [0.29, 0.717) is 12.8 Å². The first-order valence-electron chi connectivity index (χ1n) is 10.8. The van der Waals surface area contributed by atoms with Crippen LogP contribution in [0.25, 0.3) is 22.8 Å². The van der Waals surface area contributed by atoms with E-state index in [1.54, 1.807) is 0 Å². The maximum atomic E-state index is 4.87. The summed E-state index contributed by atoms with van der Waals surface area (Å²) in [7, 11) is 0. The first-order valence-corrected chi connectivity index (χ1v) is 10.8. The Kier molecular flexibility index (Phi) is 5.19. The third-order valence-electron chi connectivity index (χ3n) is 5.73. The Bertz CT molecular complexity index is 1240. The molecule has 6 heteroatoms. The standard InChI is InChI=1S/C26H26N6/c1-16-21(31-25(27-16)19-10-6-4-7-11-19)14-23-24(30-18(3)29-23)15-22-17(2)28-26(32-22)20-12-8-5-9-13-20/h4-13H,14-15H2,1-3H3,(H,27,31)(H,28,32)(H,29,30). The van der Waals surface area contributed by atoms with E-state index in [9.17, 15) is 0 Å². The van der Waals surface area contributed by atoms with E-state index < -0.39 is 0 Å². The summed E-state index contributed by atoms with van der Waals surface area (Å²) >= 11 is 0. The van der Waals surface area contributed by atoms with Crippen LogP contribution < -0.4 is 0 Å². The molecule has 5 rings (SSSR count). The molecule has 0 bridgehead atoms. The minimum absolute atomic E-state index is 0.670. The number of benzene rings is 2. The van der Waals surface area contributed by atoms with Crippen molar-refractivity contribution in [3.8, 4) is 22.8 Å². The lowest BCUT2D eigenvalue weighted by molar-refractivity contribution is 0.967. The number of imidazole rings is 3. The topological polar surface area (TPSA) is 86.0 Å². The number of hydrogen-bond acceptors (Lipinski definition) is 3. The average Bonchev–Trinajstić information content (AvgIpc) is 3.47. The van der Waals surface area contributed by atoms with Crippen LogP contribution in [-0.4, -0.2) is 29.9 Å². The molecular weight excluding hydrogens is 396 g/mol.